The predicted octanol–water partition coefficient (Wildman–Crippen LogP) is 2.08. The van der Waals surface area contributed by atoms with Crippen molar-refractivity contribution in [2.75, 3.05) is 40.3 Å². The molecule has 8 nitrogen and oxygen atoms in total. The van der Waals surface area contributed by atoms with E-state index in [0.717, 1.165) is 38.0 Å². The van der Waals surface area contributed by atoms with Gasteiger partial charge in [0.15, 0.2) is 0 Å². The van der Waals surface area contributed by atoms with Crippen LogP contribution in [-0.2, 0) is 15.6 Å². The van der Waals surface area contributed by atoms with Crippen molar-refractivity contribution in [2.24, 2.45) is 0 Å². The molecule has 176 valence electrons. The Labute approximate surface area is 195 Å². The molecule has 2 aromatic rings. The SMILES string of the molecule is CNC(=O)C1(c2ccccn2)CCCN(C(=O)c2cc(C3(C)CCN(C)CC3)nc(C)n2)C1. The van der Waals surface area contributed by atoms with Gasteiger partial charge in [-0.1, -0.05) is 13.0 Å². The van der Waals surface area contributed by atoms with E-state index in [1.165, 1.54) is 0 Å². The van der Waals surface area contributed by atoms with E-state index in [1.807, 2.05) is 31.2 Å². The number of aryl methyl sites for hydroxylation is 1. The Kier molecular flexibility index (Phi) is 6.47. The monoisotopic (exact) mass is 450 g/mol. The molecule has 2 aliphatic heterocycles. The first-order valence-corrected chi connectivity index (χ1v) is 11.8. The fraction of sp³-hybridized carbons (Fsp3) is 0.560. The fourth-order valence-electron chi connectivity index (χ4n) is 5.14. The highest BCUT2D eigenvalue weighted by atomic mass is 16.2. The average Bonchev–Trinajstić information content (AvgIpc) is 2.85. The molecule has 2 fully saturated rings. The van der Waals surface area contributed by atoms with Gasteiger partial charge in [0.2, 0.25) is 5.91 Å². The number of carbonyl (C=O) groups is 2. The second-order valence-corrected chi connectivity index (χ2v) is 9.76. The summed E-state index contributed by atoms with van der Waals surface area (Å²) in [6.45, 7) is 6.96. The second kappa shape index (κ2) is 9.17. The highest BCUT2D eigenvalue weighted by Gasteiger charge is 2.46. The molecule has 33 heavy (non-hydrogen) atoms. The topological polar surface area (TPSA) is 91.3 Å². The van der Waals surface area contributed by atoms with Crippen LogP contribution in [0.25, 0.3) is 0 Å². The van der Waals surface area contributed by atoms with Gasteiger partial charge in [0.25, 0.3) is 5.91 Å². The van der Waals surface area contributed by atoms with E-state index in [4.69, 9.17) is 4.98 Å². The van der Waals surface area contributed by atoms with Crippen molar-refractivity contribution in [2.45, 2.75) is 50.4 Å². The Balaban J connectivity index is 1.64. The molecule has 2 saturated heterocycles. The summed E-state index contributed by atoms with van der Waals surface area (Å²) in [5.41, 5.74) is 1.10. The number of piperidine rings is 2. The lowest BCUT2D eigenvalue weighted by Gasteiger charge is -2.41. The highest BCUT2D eigenvalue weighted by molar-refractivity contribution is 5.94. The van der Waals surface area contributed by atoms with Gasteiger partial charge in [-0.05, 0) is 70.9 Å². The molecule has 0 spiro atoms. The molecule has 0 aromatic carbocycles. The van der Waals surface area contributed by atoms with Gasteiger partial charge < -0.3 is 15.1 Å². The van der Waals surface area contributed by atoms with Crippen LogP contribution in [0.5, 0.6) is 0 Å². The standard InChI is InChI=1S/C25H34N6O2/c1-18-28-19(16-21(29-18)24(2)10-14-30(4)15-11-24)22(32)31-13-7-9-25(17-31,23(33)26-3)20-8-5-6-12-27-20/h5-6,8,12,16H,7,9-11,13-15,17H2,1-4H3,(H,26,33). The summed E-state index contributed by atoms with van der Waals surface area (Å²) < 4.78 is 0. The van der Waals surface area contributed by atoms with Crippen LogP contribution < -0.4 is 5.32 Å². The van der Waals surface area contributed by atoms with Crippen LogP contribution in [0.15, 0.2) is 30.5 Å². The molecule has 4 heterocycles. The zero-order valence-electron chi connectivity index (χ0n) is 20.1. The lowest BCUT2D eigenvalue weighted by Crippen LogP contribution is -2.56. The first kappa shape index (κ1) is 23.3. The number of pyridine rings is 1. The normalized spacial score (nSPS) is 23.2. The van der Waals surface area contributed by atoms with Gasteiger partial charge >= 0.3 is 0 Å². The third-order valence-corrected chi connectivity index (χ3v) is 7.36. The van der Waals surface area contributed by atoms with Crippen LogP contribution in [0.4, 0.5) is 0 Å². The zero-order valence-corrected chi connectivity index (χ0v) is 20.1. The number of likely N-dealkylation sites (N-methyl/N-ethyl adjacent to an activating group) is 1. The molecule has 2 amide bonds. The molecule has 8 heteroatoms. The minimum Gasteiger partial charge on any atom is -0.358 e. The molecule has 0 saturated carbocycles. The maximum atomic E-state index is 13.6. The molecule has 1 N–H and O–H groups in total. The summed E-state index contributed by atoms with van der Waals surface area (Å²) in [4.78, 5) is 44.5. The van der Waals surface area contributed by atoms with Crippen LogP contribution >= 0.6 is 0 Å². The summed E-state index contributed by atoms with van der Waals surface area (Å²) in [6, 6.07) is 7.46. The number of rotatable bonds is 4. The number of amides is 2. The van der Waals surface area contributed by atoms with E-state index >= 15 is 0 Å². The summed E-state index contributed by atoms with van der Waals surface area (Å²) in [6.07, 6.45) is 5.06. The van der Waals surface area contributed by atoms with Crippen LogP contribution in [0, 0.1) is 6.92 Å². The van der Waals surface area contributed by atoms with E-state index in [1.54, 1.807) is 18.1 Å². The number of aromatic nitrogens is 3. The Morgan fingerprint density at radius 1 is 1.06 bits per heavy atom. The maximum absolute atomic E-state index is 13.6. The van der Waals surface area contributed by atoms with Gasteiger partial charge in [-0.15, -0.1) is 0 Å². The quantitative estimate of drug-likeness (QED) is 0.767. The van der Waals surface area contributed by atoms with Gasteiger partial charge in [0, 0.05) is 31.7 Å². The number of carbonyl (C=O) groups excluding carboxylic acids is 2. The smallest absolute Gasteiger partial charge is 0.272 e. The minimum atomic E-state index is -0.866. The molecular formula is C25H34N6O2. The number of hydrogen-bond acceptors (Lipinski definition) is 6. The largest absolute Gasteiger partial charge is 0.358 e. The summed E-state index contributed by atoms with van der Waals surface area (Å²) in [5.74, 6) is 0.342. The predicted molar refractivity (Wildman–Crippen MR) is 126 cm³/mol. The number of hydrogen-bond donors (Lipinski definition) is 1. The molecule has 0 bridgehead atoms. The van der Waals surface area contributed by atoms with Crippen molar-refractivity contribution in [1.82, 2.24) is 30.1 Å². The molecule has 1 atom stereocenters. The van der Waals surface area contributed by atoms with Gasteiger partial charge in [0.1, 0.15) is 16.9 Å². The molecular weight excluding hydrogens is 416 g/mol. The second-order valence-electron chi connectivity index (χ2n) is 9.76. The Hall–Kier alpha value is -2.87. The third kappa shape index (κ3) is 4.49. The van der Waals surface area contributed by atoms with Crippen LogP contribution in [-0.4, -0.2) is 76.8 Å². The van der Waals surface area contributed by atoms with Crippen molar-refractivity contribution in [3.8, 4) is 0 Å². The number of likely N-dealkylation sites (tertiary alicyclic amines) is 2. The molecule has 1 unspecified atom stereocenters. The van der Waals surface area contributed by atoms with Gasteiger partial charge in [-0.25, -0.2) is 9.97 Å². The Morgan fingerprint density at radius 2 is 1.82 bits per heavy atom. The first-order chi connectivity index (χ1) is 15.8. The molecule has 0 aliphatic carbocycles. The maximum Gasteiger partial charge on any atom is 0.272 e. The molecule has 2 aliphatic rings. The zero-order chi connectivity index (χ0) is 23.6. The minimum absolute atomic E-state index is 0.0725. The summed E-state index contributed by atoms with van der Waals surface area (Å²) >= 11 is 0. The third-order valence-electron chi connectivity index (χ3n) is 7.36. The van der Waals surface area contributed by atoms with Crippen LogP contribution in [0.1, 0.15) is 60.3 Å². The van der Waals surface area contributed by atoms with Crippen molar-refractivity contribution < 1.29 is 9.59 Å². The lowest BCUT2D eigenvalue weighted by molar-refractivity contribution is -0.128. The molecule has 4 rings (SSSR count). The highest BCUT2D eigenvalue weighted by Crippen LogP contribution is 2.36. The van der Waals surface area contributed by atoms with E-state index in [2.05, 4.69) is 34.2 Å². The number of nitrogens with one attached hydrogen (secondary N) is 1. The molecule has 0 radical (unpaired) electrons. The van der Waals surface area contributed by atoms with Crippen molar-refractivity contribution in [3.63, 3.8) is 0 Å². The average molecular weight is 451 g/mol. The van der Waals surface area contributed by atoms with Gasteiger partial charge in [-0.2, -0.15) is 0 Å². The van der Waals surface area contributed by atoms with E-state index in [-0.39, 0.29) is 23.8 Å². The van der Waals surface area contributed by atoms with E-state index in [9.17, 15) is 9.59 Å². The Morgan fingerprint density at radius 3 is 2.48 bits per heavy atom. The fourth-order valence-corrected chi connectivity index (χ4v) is 5.14. The van der Waals surface area contributed by atoms with Gasteiger partial charge in [0.05, 0.1) is 11.4 Å². The van der Waals surface area contributed by atoms with E-state index in [0.29, 0.717) is 30.2 Å². The summed E-state index contributed by atoms with van der Waals surface area (Å²) in [7, 11) is 3.77. The number of nitrogens with zero attached hydrogens (tertiary/aromatic N) is 5. The van der Waals surface area contributed by atoms with Gasteiger partial charge in [-0.3, -0.25) is 14.6 Å². The van der Waals surface area contributed by atoms with Crippen molar-refractivity contribution in [3.05, 3.63) is 53.4 Å². The lowest BCUT2D eigenvalue weighted by atomic mass is 9.75. The Bertz CT molecular complexity index is 1020. The molecule has 2 aromatic heterocycles. The van der Waals surface area contributed by atoms with E-state index < -0.39 is 5.41 Å². The van der Waals surface area contributed by atoms with Crippen molar-refractivity contribution in [1.29, 1.82) is 0 Å². The van der Waals surface area contributed by atoms with Crippen LogP contribution in [0.2, 0.25) is 0 Å². The van der Waals surface area contributed by atoms with Crippen LogP contribution in [0.3, 0.4) is 0 Å². The first-order valence-electron chi connectivity index (χ1n) is 11.8. The van der Waals surface area contributed by atoms with Crippen molar-refractivity contribution >= 4 is 11.8 Å². The summed E-state index contributed by atoms with van der Waals surface area (Å²) in [5, 5.41) is 2.80.